The molecule has 0 spiro atoms. The Morgan fingerprint density at radius 3 is 2.41 bits per heavy atom. The number of alkyl halides is 3. The maximum absolute atomic E-state index is 14.0. The van der Waals surface area contributed by atoms with Gasteiger partial charge in [-0.05, 0) is 35.7 Å². The number of halogens is 4. The molecular formula is C27H26ClF3N2O6. The second-order valence-electron chi connectivity index (χ2n) is 8.52. The van der Waals surface area contributed by atoms with Gasteiger partial charge in [0, 0.05) is 41.5 Å². The molecule has 0 saturated carbocycles. The highest BCUT2D eigenvalue weighted by atomic mass is 35.5. The van der Waals surface area contributed by atoms with Crippen LogP contribution in [0.1, 0.15) is 17.2 Å². The predicted octanol–water partition coefficient (Wildman–Crippen LogP) is 5.37. The number of amides is 1. The van der Waals surface area contributed by atoms with Crippen molar-refractivity contribution in [3.05, 3.63) is 70.7 Å². The van der Waals surface area contributed by atoms with Gasteiger partial charge in [-0.1, -0.05) is 23.7 Å². The summed E-state index contributed by atoms with van der Waals surface area (Å²) in [6, 6.07) is 13.2. The first kappa shape index (κ1) is 28.2. The van der Waals surface area contributed by atoms with E-state index in [-0.39, 0.29) is 25.5 Å². The van der Waals surface area contributed by atoms with E-state index in [1.807, 2.05) is 0 Å². The molecule has 1 heterocycles. The summed E-state index contributed by atoms with van der Waals surface area (Å²) < 4.78 is 59.3. The number of carbonyl (C=O) groups excluding carboxylic acids is 1. The number of ether oxygens (including phenoxy) is 4. The third kappa shape index (κ3) is 6.79. The van der Waals surface area contributed by atoms with Crippen molar-refractivity contribution in [2.24, 2.45) is 0 Å². The van der Waals surface area contributed by atoms with Gasteiger partial charge in [-0.3, -0.25) is 4.79 Å². The molecule has 3 aromatic rings. The Hall–Kier alpha value is -3.83. The molecule has 1 unspecified atom stereocenters. The molecule has 0 aliphatic carbocycles. The lowest BCUT2D eigenvalue weighted by Gasteiger charge is -2.27. The number of aliphatic hydroxyl groups excluding tert-OH is 1. The van der Waals surface area contributed by atoms with E-state index in [1.165, 1.54) is 25.2 Å². The van der Waals surface area contributed by atoms with Crippen molar-refractivity contribution in [3.8, 4) is 23.0 Å². The average Bonchev–Trinajstić information content (AvgIpc) is 3.32. The van der Waals surface area contributed by atoms with E-state index in [2.05, 4.69) is 10.1 Å². The minimum Gasteiger partial charge on any atom is -0.497 e. The van der Waals surface area contributed by atoms with Gasteiger partial charge in [0.15, 0.2) is 11.5 Å². The Bertz CT molecular complexity index is 1320. The summed E-state index contributed by atoms with van der Waals surface area (Å²) in [6.45, 7) is 0.106. The number of nitrogens with zero attached hydrogens (tertiary/aromatic N) is 1. The van der Waals surface area contributed by atoms with Gasteiger partial charge in [-0.2, -0.15) is 0 Å². The summed E-state index contributed by atoms with van der Waals surface area (Å²) in [7, 11) is 2.72. The number of benzene rings is 3. The van der Waals surface area contributed by atoms with Gasteiger partial charge in [0.25, 0.3) is 5.91 Å². The number of hydrogen-bond acceptors (Lipinski definition) is 7. The van der Waals surface area contributed by atoms with Crippen LogP contribution in [0.4, 0.5) is 24.5 Å². The zero-order chi connectivity index (χ0) is 28.2. The summed E-state index contributed by atoms with van der Waals surface area (Å²) >= 11 is 6.07. The second kappa shape index (κ2) is 11.9. The first-order valence-corrected chi connectivity index (χ1v) is 12.2. The molecule has 0 bridgehead atoms. The molecule has 2 N–H and O–H groups in total. The Kier molecular flexibility index (Phi) is 8.61. The molecule has 1 amide bonds. The number of hydrogen-bond donors (Lipinski definition) is 2. The highest BCUT2D eigenvalue weighted by molar-refractivity contribution is 6.30. The number of nitrogens with one attached hydrogen (secondary N) is 1. The van der Waals surface area contributed by atoms with E-state index in [4.69, 9.17) is 30.9 Å². The number of rotatable bonds is 10. The summed E-state index contributed by atoms with van der Waals surface area (Å²) in [6.07, 6.45) is -4.53. The van der Waals surface area contributed by atoms with Crippen molar-refractivity contribution in [2.45, 2.75) is 18.8 Å². The van der Waals surface area contributed by atoms with Gasteiger partial charge in [0.2, 0.25) is 0 Å². The summed E-state index contributed by atoms with van der Waals surface area (Å²) in [5.41, 5.74) is 1.98. The largest absolute Gasteiger partial charge is 0.573 e. The number of carbonyl (C=O) groups is 1. The van der Waals surface area contributed by atoms with Crippen molar-refractivity contribution in [3.63, 3.8) is 0 Å². The van der Waals surface area contributed by atoms with Crippen LogP contribution < -0.4 is 29.2 Å². The van der Waals surface area contributed by atoms with Crippen LogP contribution in [0.15, 0.2) is 54.6 Å². The standard InChI is InChI=1S/C27H26ClF3N2O6/c1-36-20-12-19(13-21(14-20)38-10-9-34)32-25(16-3-5-18(28)6-4-16)26(35)33-8-7-17-11-23(37-2)24(15-22(17)33)39-27(29,30)31/h3-6,11-15,25,32,34H,7-10H2,1-2H3. The molecule has 0 radical (unpaired) electrons. The topological polar surface area (TPSA) is 89.5 Å². The maximum atomic E-state index is 14.0. The van der Waals surface area contributed by atoms with Crippen LogP contribution in [0.3, 0.4) is 0 Å². The number of fused-ring (bicyclic) bond motifs is 1. The molecule has 0 fully saturated rings. The minimum atomic E-state index is -4.94. The molecule has 1 atom stereocenters. The van der Waals surface area contributed by atoms with E-state index in [0.29, 0.717) is 45.4 Å². The second-order valence-corrected chi connectivity index (χ2v) is 8.95. The van der Waals surface area contributed by atoms with Crippen molar-refractivity contribution in [1.82, 2.24) is 0 Å². The molecule has 0 aromatic heterocycles. The fourth-order valence-electron chi connectivity index (χ4n) is 4.27. The molecule has 1 aliphatic rings. The van der Waals surface area contributed by atoms with Crippen LogP contribution in [-0.2, 0) is 11.2 Å². The molecule has 3 aromatic carbocycles. The summed E-state index contributed by atoms with van der Waals surface area (Å²) in [5.74, 6) is -0.194. The van der Waals surface area contributed by atoms with Gasteiger partial charge < -0.3 is 34.3 Å². The molecule has 0 saturated heterocycles. The first-order valence-electron chi connectivity index (χ1n) is 11.8. The lowest BCUT2D eigenvalue weighted by molar-refractivity contribution is -0.275. The van der Waals surface area contributed by atoms with Crippen LogP contribution in [0.25, 0.3) is 0 Å². The van der Waals surface area contributed by atoms with E-state index in [0.717, 1.165) is 6.07 Å². The summed E-state index contributed by atoms with van der Waals surface area (Å²) in [4.78, 5) is 15.4. The Balaban J connectivity index is 1.72. The normalized spacial score (nSPS) is 13.5. The number of aliphatic hydroxyl groups is 1. The monoisotopic (exact) mass is 566 g/mol. The fraction of sp³-hybridized carbons (Fsp3) is 0.296. The van der Waals surface area contributed by atoms with Gasteiger partial charge in [-0.25, -0.2) is 0 Å². The molecule has 8 nitrogen and oxygen atoms in total. The zero-order valence-corrected chi connectivity index (χ0v) is 21.8. The minimum absolute atomic E-state index is 0.0580. The fourth-order valence-corrected chi connectivity index (χ4v) is 4.40. The van der Waals surface area contributed by atoms with E-state index in [9.17, 15) is 18.0 Å². The Morgan fingerprint density at radius 1 is 1.05 bits per heavy atom. The smallest absolute Gasteiger partial charge is 0.497 e. The van der Waals surface area contributed by atoms with Gasteiger partial charge in [-0.15, -0.1) is 13.2 Å². The predicted molar refractivity (Wildman–Crippen MR) is 139 cm³/mol. The molecule has 4 rings (SSSR count). The molecule has 1 aliphatic heterocycles. The average molecular weight is 567 g/mol. The van der Waals surface area contributed by atoms with Crippen molar-refractivity contribution in [1.29, 1.82) is 0 Å². The van der Waals surface area contributed by atoms with Crippen LogP contribution in [-0.4, -0.2) is 51.4 Å². The van der Waals surface area contributed by atoms with Crippen LogP contribution in [0.2, 0.25) is 5.02 Å². The van der Waals surface area contributed by atoms with Crippen LogP contribution in [0.5, 0.6) is 23.0 Å². The highest BCUT2D eigenvalue weighted by Crippen LogP contribution is 2.42. The van der Waals surface area contributed by atoms with Gasteiger partial charge in [0.05, 0.1) is 26.5 Å². The third-order valence-electron chi connectivity index (χ3n) is 5.99. The van der Waals surface area contributed by atoms with Crippen molar-refractivity contribution >= 4 is 28.9 Å². The number of methoxy groups -OCH3 is 2. The first-order chi connectivity index (χ1) is 18.6. The quantitative estimate of drug-likeness (QED) is 0.341. The van der Waals surface area contributed by atoms with Gasteiger partial charge in [0.1, 0.15) is 24.1 Å². The van der Waals surface area contributed by atoms with Crippen LogP contribution in [0, 0.1) is 0 Å². The lowest BCUT2D eigenvalue weighted by atomic mass is 10.0. The maximum Gasteiger partial charge on any atom is 0.573 e. The van der Waals surface area contributed by atoms with E-state index >= 15 is 0 Å². The van der Waals surface area contributed by atoms with E-state index in [1.54, 1.807) is 42.5 Å². The highest BCUT2D eigenvalue weighted by Gasteiger charge is 2.36. The molecular weight excluding hydrogens is 541 g/mol. The molecule has 39 heavy (non-hydrogen) atoms. The SMILES string of the molecule is COc1cc(NC(C(=O)N2CCc3cc(OC)c(OC(F)(F)F)cc32)c2ccc(Cl)cc2)cc(OCCO)c1. The van der Waals surface area contributed by atoms with Crippen LogP contribution >= 0.6 is 11.6 Å². The lowest BCUT2D eigenvalue weighted by Crippen LogP contribution is -2.37. The zero-order valence-electron chi connectivity index (χ0n) is 21.0. The Labute approximate surface area is 227 Å². The third-order valence-corrected chi connectivity index (χ3v) is 6.24. The molecule has 208 valence electrons. The molecule has 12 heteroatoms. The summed E-state index contributed by atoms with van der Waals surface area (Å²) in [5, 5.41) is 12.8. The van der Waals surface area contributed by atoms with E-state index < -0.39 is 24.1 Å². The van der Waals surface area contributed by atoms with Crippen molar-refractivity contribution in [2.75, 3.05) is 44.2 Å². The Morgan fingerprint density at radius 2 is 1.77 bits per heavy atom. The van der Waals surface area contributed by atoms with Gasteiger partial charge >= 0.3 is 6.36 Å². The van der Waals surface area contributed by atoms with Crippen molar-refractivity contribution < 1.29 is 42.0 Å². The number of anilines is 2.